The largest absolute Gasteiger partial charge is 0.550 e. The zero-order valence-corrected chi connectivity index (χ0v) is 11.1. The van der Waals surface area contributed by atoms with E-state index in [1.807, 2.05) is 0 Å². The first kappa shape index (κ1) is 16.1. The number of carboxylic acids is 1. The number of carbonyl (C=O) groups is 1. The lowest BCUT2D eigenvalue weighted by atomic mass is 10.1. The number of aliphatic carboxylic acids is 1. The number of carbonyl (C=O) groups excluding carboxylic acids is 1. The quantitative estimate of drug-likeness (QED) is 0.505. The van der Waals surface area contributed by atoms with Gasteiger partial charge in [0.15, 0.2) is 0 Å². The Kier molecular flexibility index (Phi) is 14.6. The average molecular weight is 216 g/mol. The number of hydrogen-bond donors (Lipinski definition) is 0. The molecule has 0 bridgehead atoms. The highest BCUT2D eigenvalue weighted by atomic mass is 28.3. The Bertz CT molecular complexity index is 122. The summed E-state index contributed by atoms with van der Waals surface area (Å²) in [6.07, 6.45) is 5.61. The minimum atomic E-state index is -0.920. The van der Waals surface area contributed by atoms with Crippen LogP contribution in [0.4, 0.5) is 0 Å². The second-order valence-electron chi connectivity index (χ2n) is 4.04. The van der Waals surface area contributed by atoms with Crippen LogP contribution in [0.2, 0.25) is 19.6 Å². The summed E-state index contributed by atoms with van der Waals surface area (Å²) in [6, 6.07) is 0. The Hall–Kier alpha value is -0.313. The minimum Gasteiger partial charge on any atom is -0.550 e. The Morgan fingerprint density at radius 3 is 1.86 bits per heavy atom. The van der Waals surface area contributed by atoms with Crippen LogP contribution >= 0.6 is 0 Å². The lowest BCUT2D eigenvalue weighted by Gasteiger charge is -2.00. The van der Waals surface area contributed by atoms with Crippen molar-refractivity contribution in [3.8, 4) is 0 Å². The summed E-state index contributed by atoms with van der Waals surface area (Å²) in [6.45, 7) is 8.94. The molecule has 0 spiro atoms. The lowest BCUT2D eigenvalue weighted by molar-refractivity contribution is -0.305. The van der Waals surface area contributed by atoms with E-state index in [1.165, 1.54) is 12.8 Å². The summed E-state index contributed by atoms with van der Waals surface area (Å²) in [5.41, 5.74) is 0. The molecule has 2 nitrogen and oxygen atoms in total. The molecule has 0 heterocycles. The molecule has 0 aromatic rings. The van der Waals surface area contributed by atoms with Crippen LogP contribution in [0, 0.1) is 0 Å². The molecule has 0 N–H and O–H groups in total. The van der Waals surface area contributed by atoms with Crippen molar-refractivity contribution in [3.05, 3.63) is 0 Å². The standard InChI is InChI=1S/C8H16O2.C3H9Si/c1-2-3-4-5-6-7-8(9)10;1-4(2)3/h2-7H2,1H3,(H,9,10);1-3H3/q;+1/p-1. The molecular weight excluding hydrogens is 192 g/mol. The summed E-state index contributed by atoms with van der Waals surface area (Å²) >= 11 is 0. The highest BCUT2D eigenvalue weighted by Gasteiger charge is 1.92. The Labute approximate surface area is 90.3 Å². The summed E-state index contributed by atoms with van der Waals surface area (Å²) < 4.78 is 0. The normalized spacial score (nSPS) is 8.86. The third-order valence-electron chi connectivity index (χ3n) is 1.48. The zero-order chi connectivity index (χ0) is 11.4. The highest BCUT2D eigenvalue weighted by Crippen LogP contribution is 2.03. The van der Waals surface area contributed by atoms with E-state index >= 15 is 0 Å². The molecule has 0 unspecified atom stereocenters. The lowest BCUT2D eigenvalue weighted by Crippen LogP contribution is -2.21. The van der Waals surface area contributed by atoms with Gasteiger partial charge in [0.05, 0.1) is 19.6 Å². The Morgan fingerprint density at radius 2 is 1.50 bits per heavy atom. The van der Waals surface area contributed by atoms with Crippen LogP contribution in [-0.4, -0.2) is 14.8 Å². The van der Waals surface area contributed by atoms with E-state index in [-0.39, 0.29) is 15.2 Å². The maximum absolute atomic E-state index is 9.92. The molecule has 84 valence electrons. The number of unbranched alkanes of at least 4 members (excludes halogenated alkanes) is 4. The fourth-order valence-corrected chi connectivity index (χ4v) is 0.873. The smallest absolute Gasteiger partial charge is 0.304 e. The van der Waals surface area contributed by atoms with Crippen molar-refractivity contribution >= 4 is 14.8 Å². The SMILES string of the molecule is CCCCCCCC(=O)[O-].C[Si+](C)C. The first-order valence-corrected chi connectivity index (χ1v) is 8.47. The first-order valence-electron chi connectivity index (χ1n) is 5.47. The van der Waals surface area contributed by atoms with Gasteiger partial charge >= 0.3 is 8.80 Å². The van der Waals surface area contributed by atoms with E-state index in [9.17, 15) is 9.90 Å². The van der Waals surface area contributed by atoms with E-state index < -0.39 is 5.97 Å². The van der Waals surface area contributed by atoms with Crippen molar-refractivity contribution < 1.29 is 9.90 Å². The monoisotopic (exact) mass is 216 g/mol. The van der Waals surface area contributed by atoms with E-state index in [0.717, 1.165) is 19.3 Å². The van der Waals surface area contributed by atoms with Gasteiger partial charge in [0.2, 0.25) is 0 Å². The second kappa shape index (κ2) is 12.7. The van der Waals surface area contributed by atoms with Gasteiger partial charge in [-0.15, -0.1) is 0 Å². The predicted octanol–water partition coefficient (Wildman–Crippen LogP) is 2.47. The molecule has 0 aliphatic carbocycles. The number of carboxylic acid groups (broad SMARTS) is 1. The second-order valence-corrected chi connectivity index (χ2v) is 7.04. The molecule has 0 aliphatic heterocycles. The van der Waals surface area contributed by atoms with Gasteiger partial charge in [0, 0.05) is 5.97 Å². The van der Waals surface area contributed by atoms with Crippen LogP contribution in [0.3, 0.4) is 0 Å². The van der Waals surface area contributed by atoms with Crippen LogP contribution in [0.25, 0.3) is 0 Å². The van der Waals surface area contributed by atoms with Crippen LogP contribution in [0.5, 0.6) is 0 Å². The molecule has 0 fully saturated rings. The molecule has 0 saturated heterocycles. The van der Waals surface area contributed by atoms with Crippen molar-refractivity contribution in [1.29, 1.82) is 0 Å². The first-order chi connectivity index (χ1) is 6.50. The molecule has 0 atom stereocenters. The van der Waals surface area contributed by atoms with E-state index in [1.54, 1.807) is 0 Å². The van der Waals surface area contributed by atoms with Gasteiger partial charge < -0.3 is 9.90 Å². The Morgan fingerprint density at radius 1 is 1.07 bits per heavy atom. The molecule has 3 heteroatoms. The van der Waals surface area contributed by atoms with Gasteiger partial charge in [0.1, 0.15) is 0 Å². The van der Waals surface area contributed by atoms with E-state index in [0.29, 0.717) is 0 Å². The van der Waals surface area contributed by atoms with Gasteiger partial charge in [-0.2, -0.15) is 0 Å². The highest BCUT2D eigenvalue weighted by molar-refractivity contribution is 6.54. The molecule has 0 radical (unpaired) electrons. The third-order valence-corrected chi connectivity index (χ3v) is 1.48. The summed E-state index contributed by atoms with van der Waals surface area (Å²) in [5, 5.41) is 9.92. The van der Waals surface area contributed by atoms with Crippen molar-refractivity contribution in [2.75, 3.05) is 0 Å². The van der Waals surface area contributed by atoms with E-state index in [4.69, 9.17) is 0 Å². The van der Waals surface area contributed by atoms with Gasteiger partial charge in [0.25, 0.3) is 0 Å². The van der Waals surface area contributed by atoms with Gasteiger partial charge in [-0.05, 0) is 12.8 Å². The molecule has 0 aromatic heterocycles. The molecule has 0 saturated carbocycles. The van der Waals surface area contributed by atoms with Crippen LogP contribution in [-0.2, 0) is 4.79 Å². The molecule has 0 aliphatic rings. The topological polar surface area (TPSA) is 40.1 Å². The minimum absolute atomic E-state index is 0.120. The summed E-state index contributed by atoms with van der Waals surface area (Å²) in [4.78, 5) is 9.92. The zero-order valence-electron chi connectivity index (χ0n) is 10.1. The van der Waals surface area contributed by atoms with Gasteiger partial charge in [-0.3, -0.25) is 0 Å². The Balaban J connectivity index is 0. The molecule has 0 amide bonds. The number of hydrogen-bond acceptors (Lipinski definition) is 2. The molecular formula is C11H24O2Si. The fourth-order valence-electron chi connectivity index (χ4n) is 0.873. The van der Waals surface area contributed by atoms with Crippen molar-refractivity contribution in [2.24, 2.45) is 0 Å². The predicted molar refractivity (Wildman–Crippen MR) is 61.7 cm³/mol. The molecule has 0 rings (SSSR count). The van der Waals surface area contributed by atoms with Crippen LogP contribution in [0.1, 0.15) is 45.4 Å². The third kappa shape index (κ3) is 29.9. The van der Waals surface area contributed by atoms with Crippen LogP contribution < -0.4 is 5.11 Å². The van der Waals surface area contributed by atoms with Gasteiger partial charge in [-0.25, -0.2) is 0 Å². The van der Waals surface area contributed by atoms with Crippen molar-refractivity contribution in [1.82, 2.24) is 0 Å². The van der Waals surface area contributed by atoms with E-state index in [2.05, 4.69) is 26.6 Å². The maximum Gasteiger partial charge on any atom is 0.304 e. The number of rotatable bonds is 6. The molecule has 0 aromatic carbocycles. The maximum atomic E-state index is 9.92. The molecule has 14 heavy (non-hydrogen) atoms. The summed E-state index contributed by atoms with van der Waals surface area (Å²) in [7, 11) is 0.120. The van der Waals surface area contributed by atoms with Gasteiger partial charge in [-0.1, -0.05) is 32.6 Å². The average Bonchev–Trinajstić information content (AvgIpc) is 2.02. The fraction of sp³-hybridized carbons (Fsp3) is 0.909. The van der Waals surface area contributed by atoms with Crippen molar-refractivity contribution in [3.63, 3.8) is 0 Å². The summed E-state index contributed by atoms with van der Waals surface area (Å²) in [5.74, 6) is -0.920. The van der Waals surface area contributed by atoms with Crippen molar-refractivity contribution in [2.45, 2.75) is 65.1 Å². The van der Waals surface area contributed by atoms with Crippen LogP contribution in [0.15, 0.2) is 0 Å².